The van der Waals surface area contributed by atoms with Gasteiger partial charge in [-0.15, -0.1) is 11.3 Å². The number of amides is 1. The Kier molecular flexibility index (Phi) is 7.47. The van der Waals surface area contributed by atoms with E-state index < -0.39 is 5.97 Å². The zero-order chi connectivity index (χ0) is 20.7. The molecule has 0 unspecified atom stereocenters. The third-order valence-corrected chi connectivity index (χ3v) is 4.97. The molecule has 1 amide bonds. The summed E-state index contributed by atoms with van der Waals surface area (Å²) in [4.78, 5) is 30.2. The number of ether oxygens (including phenoxy) is 1. The van der Waals surface area contributed by atoms with Crippen LogP contribution in [-0.4, -0.2) is 23.5 Å². The van der Waals surface area contributed by atoms with Gasteiger partial charge in [0.05, 0.1) is 18.0 Å². The van der Waals surface area contributed by atoms with Gasteiger partial charge in [-0.1, -0.05) is 19.4 Å². The molecular weight excluding hydrogens is 374 g/mol. The van der Waals surface area contributed by atoms with E-state index in [1.54, 1.807) is 5.38 Å². The first-order chi connectivity index (χ1) is 13.4. The Balaban J connectivity index is 2.29. The van der Waals surface area contributed by atoms with Gasteiger partial charge in [-0.05, 0) is 49.6 Å². The van der Waals surface area contributed by atoms with Gasteiger partial charge in [0.25, 0.3) is 0 Å². The quantitative estimate of drug-likeness (QED) is 0.293. The molecule has 0 atom stereocenters. The number of unbranched alkanes of at least 4 members (excludes halogenated alkanes) is 1. The van der Waals surface area contributed by atoms with E-state index in [2.05, 4.69) is 4.98 Å². The van der Waals surface area contributed by atoms with E-state index in [1.807, 2.05) is 45.0 Å². The maximum Gasteiger partial charge on any atom is 0.348 e. The molecule has 2 aromatic rings. The zero-order valence-corrected chi connectivity index (χ0v) is 17.3. The molecular formula is C21H23N3O3S. The highest BCUT2D eigenvalue weighted by molar-refractivity contribution is 7.14. The number of nitrogens with zero attached hydrogens (tertiary/aromatic N) is 3. The van der Waals surface area contributed by atoms with E-state index in [4.69, 9.17) is 4.74 Å². The average Bonchev–Trinajstić information content (AvgIpc) is 3.10. The van der Waals surface area contributed by atoms with Crippen LogP contribution in [0, 0.1) is 25.2 Å². The smallest absolute Gasteiger partial charge is 0.348 e. The summed E-state index contributed by atoms with van der Waals surface area (Å²) in [5.41, 5.74) is 3.24. The topological polar surface area (TPSA) is 83.3 Å². The van der Waals surface area contributed by atoms with Crippen molar-refractivity contribution in [3.8, 4) is 6.07 Å². The lowest BCUT2D eigenvalue weighted by Crippen LogP contribution is -2.22. The van der Waals surface area contributed by atoms with Gasteiger partial charge in [0, 0.05) is 12.3 Å². The Labute approximate surface area is 169 Å². The monoisotopic (exact) mass is 397 g/mol. The number of aromatic nitrogens is 1. The summed E-state index contributed by atoms with van der Waals surface area (Å²) in [6, 6.07) is 7.61. The summed E-state index contributed by atoms with van der Waals surface area (Å²) in [5, 5.41) is 11.4. The molecule has 0 bridgehead atoms. The number of esters is 1. The van der Waals surface area contributed by atoms with Crippen LogP contribution in [0.1, 0.15) is 43.5 Å². The van der Waals surface area contributed by atoms with Gasteiger partial charge < -0.3 is 4.74 Å². The summed E-state index contributed by atoms with van der Waals surface area (Å²) in [5.74, 6) is -0.837. The second-order valence-corrected chi connectivity index (χ2v) is 7.17. The molecule has 0 N–H and O–H groups in total. The fourth-order valence-corrected chi connectivity index (χ4v) is 3.25. The maximum atomic E-state index is 12.2. The van der Waals surface area contributed by atoms with Crippen LogP contribution in [0.3, 0.4) is 0 Å². The molecule has 1 heterocycles. The van der Waals surface area contributed by atoms with Gasteiger partial charge in [-0.25, -0.2) is 9.78 Å². The lowest BCUT2D eigenvalue weighted by atomic mass is 10.1. The molecule has 2 rings (SSSR count). The molecule has 7 heteroatoms. The number of hydrogen-bond donors (Lipinski definition) is 0. The van der Waals surface area contributed by atoms with Crippen LogP contribution in [0.25, 0.3) is 6.08 Å². The van der Waals surface area contributed by atoms with Crippen LogP contribution in [0.5, 0.6) is 0 Å². The van der Waals surface area contributed by atoms with Gasteiger partial charge in [0.1, 0.15) is 11.6 Å². The number of nitriles is 1. The van der Waals surface area contributed by atoms with Crippen molar-refractivity contribution >= 4 is 40.1 Å². The number of benzene rings is 1. The Morgan fingerprint density at radius 1 is 1.32 bits per heavy atom. The number of carbonyl (C=O) groups is 2. The van der Waals surface area contributed by atoms with E-state index in [0.29, 0.717) is 10.8 Å². The van der Waals surface area contributed by atoms with Crippen LogP contribution in [-0.2, 0) is 14.3 Å². The Hall–Kier alpha value is -2.98. The maximum absolute atomic E-state index is 12.2. The summed E-state index contributed by atoms with van der Waals surface area (Å²) < 4.78 is 5.08. The Bertz CT molecular complexity index is 941. The average molecular weight is 398 g/mol. The fraction of sp³-hybridized carbons (Fsp3) is 0.333. The van der Waals surface area contributed by atoms with Gasteiger partial charge in [0.2, 0.25) is 5.91 Å². The van der Waals surface area contributed by atoms with Gasteiger partial charge in [-0.3, -0.25) is 9.69 Å². The van der Waals surface area contributed by atoms with Crippen molar-refractivity contribution in [2.24, 2.45) is 0 Å². The van der Waals surface area contributed by atoms with E-state index in [1.165, 1.54) is 29.2 Å². The molecule has 0 aliphatic carbocycles. The largest absolute Gasteiger partial charge is 0.462 e. The van der Waals surface area contributed by atoms with Gasteiger partial charge in [0.15, 0.2) is 5.13 Å². The van der Waals surface area contributed by atoms with Crippen molar-refractivity contribution < 1.29 is 14.3 Å². The molecule has 0 spiro atoms. The predicted octanol–water partition coefficient (Wildman–Crippen LogP) is 4.69. The Morgan fingerprint density at radius 3 is 2.68 bits per heavy atom. The lowest BCUT2D eigenvalue weighted by molar-refractivity contribution is -0.138. The summed E-state index contributed by atoms with van der Waals surface area (Å²) >= 11 is 1.26. The van der Waals surface area contributed by atoms with Crippen molar-refractivity contribution in [3.05, 3.63) is 46.0 Å². The molecule has 0 aliphatic heterocycles. The predicted molar refractivity (Wildman–Crippen MR) is 110 cm³/mol. The summed E-state index contributed by atoms with van der Waals surface area (Å²) in [6.07, 6.45) is 3.02. The highest BCUT2D eigenvalue weighted by Crippen LogP contribution is 2.30. The van der Waals surface area contributed by atoms with Crippen molar-refractivity contribution in [2.75, 3.05) is 11.5 Å². The van der Waals surface area contributed by atoms with Crippen LogP contribution in [0.15, 0.2) is 29.2 Å². The second-order valence-electron chi connectivity index (χ2n) is 6.34. The first-order valence-electron chi connectivity index (χ1n) is 8.99. The number of aryl methyl sites for hydroxylation is 2. The minimum atomic E-state index is -0.664. The van der Waals surface area contributed by atoms with Crippen LogP contribution in [0.4, 0.5) is 10.8 Å². The number of hydrogen-bond acceptors (Lipinski definition) is 6. The number of thiazole rings is 1. The molecule has 0 saturated carbocycles. The van der Waals surface area contributed by atoms with Gasteiger partial charge >= 0.3 is 5.97 Å². The molecule has 146 valence electrons. The highest BCUT2D eigenvalue weighted by atomic mass is 32.1. The molecule has 0 radical (unpaired) electrons. The van der Waals surface area contributed by atoms with Crippen molar-refractivity contribution in [1.82, 2.24) is 4.98 Å². The first kappa shape index (κ1) is 21.3. The van der Waals surface area contributed by atoms with Crippen LogP contribution >= 0.6 is 11.3 Å². The molecule has 0 aliphatic rings. The minimum Gasteiger partial charge on any atom is -0.462 e. The van der Waals surface area contributed by atoms with E-state index in [-0.39, 0.29) is 18.1 Å². The van der Waals surface area contributed by atoms with E-state index >= 15 is 0 Å². The molecule has 1 aromatic carbocycles. The van der Waals surface area contributed by atoms with Crippen molar-refractivity contribution in [3.63, 3.8) is 0 Å². The van der Waals surface area contributed by atoms with Crippen LogP contribution in [0.2, 0.25) is 0 Å². The molecule has 28 heavy (non-hydrogen) atoms. The first-order valence-corrected chi connectivity index (χ1v) is 9.87. The van der Waals surface area contributed by atoms with E-state index in [0.717, 1.165) is 29.7 Å². The Morgan fingerprint density at radius 2 is 2.07 bits per heavy atom. The minimum absolute atomic E-state index is 0.117. The molecule has 6 nitrogen and oxygen atoms in total. The zero-order valence-electron chi connectivity index (χ0n) is 16.5. The molecule has 1 aromatic heterocycles. The lowest BCUT2D eigenvalue weighted by Gasteiger charge is -2.19. The van der Waals surface area contributed by atoms with Crippen molar-refractivity contribution in [1.29, 1.82) is 5.26 Å². The SMILES string of the molecule is CCCCOC(=O)/C(C#N)=C/c1csc(N(C(C)=O)c2ccc(C)c(C)c2)n1. The molecule has 0 saturated heterocycles. The second kappa shape index (κ2) is 9.81. The van der Waals surface area contributed by atoms with Gasteiger partial charge in [-0.2, -0.15) is 5.26 Å². The fourth-order valence-electron chi connectivity index (χ4n) is 2.41. The number of anilines is 2. The summed E-state index contributed by atoms with van der Waals surface area (Å²) in [6.45, 7) is 7.73. The number of carbonyl (C=O) groups excluding carboxylic acids is 2. The van der Waals surface area contributed by atoms with Crippen LogP contribution < -0.4 is 4.90 Å². The number of rotatable bonds is 7. The summed E-state index contributed by atoms with van der Waals surface area (Å²) in [7, 11) is 0. The third kappa shape index (κ3) is 5.27. The normalized spacial score (nSPS) is 11.0. The third-order valence-electron chi connectivity index (χ3n) is 4.13. The molecule has 0 fully saturated rings. The highest BCUT2D eigenvalue weighted by Gasteiger charge is 2.19. The van der Waals surface area contributed by atoms with E-state index in [9.17, 15) is 14.9 Å². The van der Waals surface area contributed by atoms with Crippen molar-refractivity contribution in [2.45, 2.75) is 40.5 Å². The standard InChI is InChI=1S/C21H23N3O3S/c1-5-6-9-27-20(26)17(12-22)11-18-13-28-21(23-18)24(16(4)25)19-8-7-14(2)15(3)10-19/h7-8,10-11,13H,5-6,9H2,1-4H3/b17-11+.